The summed E-state index contributed by atoms with van der Waals surface area (Å²) in [5.74, 6) is -0.0568. The lowest BCUT2D eigenvalue weighted by molar-refractivity contribution is -0.711. The first kappa shape index (κ1) is 15.5. The van der Waals surface area contributed by atoms with Gasteiger partial charge in [-0.2, -0.15) is 4.57 Å². The number of anilines is 1. The molecule has 0 radical (unpaired) electrons. The van der Waals surface area contributed by atoms with E-state index in [9.17, 15) is 4.79 Å². The van der Waals surface area contributed by atoms with Gasteiger partial charge in [0.1, 0.15) is 0 Å². The van der Waals surface area contributed by atoms with Crippen LogP contribution in [-0.2, 0) is 11.2 Å². The zero-order valence-corrected chi connectivity index (χ0v) is 13.3. The summed E-state index contributed by atoms with van der Waals surface area (Å²) in [6, 6.07) is 11.0. The van der Waals surface area contributed by atoms with Gasteiger partial charge in [-0.05, 0) is 30.7 Å². The van der Waals surface area contributed by atoms with Crippen molar-refractivity contribution in [3.8, 4) is 0 Å². The third-order valence-electron chi connectivity index (χ3n) is 3.55. The summed E-state index contributed by atoms with van der Waals surface area (Å²) in [4.78, 5) is 12.4. The Kier molecular flexibility index (Phi) is 4.97. The van der Waals surface area contributed by atoms with Gasteiger partial charge in [0.2, 0.25) is 6.04 Å². The minimum Gasteiger partial charge on any atom is -0.320 e. The molecule has 2 rings (SSSR count). The molecule has 4 heteroatoms. The molecule has 0 aliphatic rings. The largest absolute Gasteiger partial charge is 0.320 e. The number of hydrogen-bond donors (Lipinski definition) is 1. The molecule has 1 heterocycles. The van der Waals surface area contributed by atoms with Crippen LogP contribution >= 0.6 is 11.6 Å². The van der Waals surface area contributed by atoms with Gasteiger partial charge in [-0.3, -0.25) is 4.79 Å². The number of amides is 1. The number of benzene rings is 1. The highest BCUT2D eigenvalue weighted by molar-refractivity contribution is 6.30. The molecule has 3 nitrogen and oxygen atoms in total. The fourth-order valence-corrected chi connectivity index (χ4v) is 2.39. The van der Waals surface area contributed by atoms with Gasteiger partial charge in [0, 0.05) is 36.2 Å². The Morgan fingerprint density at radius 2 is 2.10 bits per heavy atom. The quantitative estimate of drug-likeness (QED) is 0.858. The second-order valence-corrected chi connectivity index (χ2v) is 5.55. The van der Waals surface area contributed by atoms with Crippen LogP contribution in [0.5, 0.6) is 0 Å². The third-order valence-corrected chi connectivity index (χ3v) is 3.78. The van der Waals surface area contributed by atoms with E-state index in [1.54, 1.807) is 12.1 Å². The number of carbonyl (C=O) groups excluding carboxylic acids is 1. The average Bonchev–Trinajstić information content (AvgIpc) is 2.47. The van der Waals surface area contributed by atoms with Gasteiger partial charge in [-0.15, -0.1) is 0 Å². The van der Waals surface area contributed by atoms with Gasteiger partial charge < -0.3 is 5.32 Å². The van der Waals surface area contributed by atoms with E-state index >= 15 is 0 Å². The predicted octanol–water partition coefficient (Wildman–Crippen LogP) is 3.70. The maximum atomic E-state index is 12.4. The van der Waals surface area contributed by atoms with E-state index in [4.69, 9.17) is 11.6 Å². The van der Waals surface area contributed by atoms with Crippen molar-refractivity contribution >= 4 is 23.2 Å². The Morgan fingerprint density at radius 3 is 2.76 bits per heavy atom. The zero-order valence-electron chi connectivity index (χ0n) is 12.6. The van der Waals surface area contributed by atoms with Crippen LogP contribution in [0.1, 0.15) is 31.1 Å². The molecule has 0 aliphatic carbocycles. The summed E-state index contributed by atoms with van der Waals surface area (Å²) in [6.45, 7) is 6.00. The van der Waals surface area contributed by atoms with Crippen molar-refractivity contribution < 1.29 is 9.36 Å². The zero-order chi connectivity index (χ0) is 15.4. The molecule has 0 aliphatic heterocycles. The van der Waals surface area contributed by atoms with Gasteiger partial charge in [0.05, 0.1) is 0 Å². The van der Waals surface area contributed by atoms with E-state index in [2.05, 4.69) is 18.3 Å². The molecule has 1 atom stereocenters. The first-order valence-electron chi connectivity index (χ1n) is 7.08. The van der Waals surface area contributed by atoms with Crippen molar-refractivity contribution in [2.45, 2.75) is 33.2 Å². The van der Waals surface area contributed by atoms with Gasteiger partial charge in [0.25, 0.3) is 5.91 Å². The van der Waals surface area contributed by atoms with Crippen LogP contribution < -0.4 is 9.88 Å². The van der Waals surface area contributed by atoms with Crippen LogP contribution in [0, 0.1) is 6.92 Å². The molecule has 0 spiro atoms. The molecule has 0 fully saturated rings. The van der Waals surface area contributed by atoms with E-state index in [1.807, 2.05) is 42.8 Å². The standard InChI is InChI=1S/C17H19ClN2O/c1-4-14-9-8-12(2)20(11-14)13(3)17(21)19-16-7-5-6-15(18)10-16/h5-11,13H,4H2,1-3H3/p+1/t13-/m1/s1. The lowest BCUT2D eigenvalue weighted by atomic mass is 10.2. The lowest BCUT2D eigenvalue weighted by Gasteiger charge is -2.11. The normalized spacial score (nSPS) is 12.0. The van der Waals surface area contributed by atoms with Crippen LogP contribution in [0.3, 0.4) is 0 Å². The molecule has 2 aromatic rings. The second kappa shape index (κ2) is 6.72. The molecule has 1 N–H and O–H groups in total. The van der Waals surface area contributed by atoms with E-state index in [0.29, 0.717) is 10.7 Å². The number of nitrogens with zero attached hydrogens (tertiary/aromatic N) is 1. The molecule has 0 unspecified atom stereocenters. The molecule has 1 amide bonds. The van der Waals surface area contributed by atoms with Crippen molar-refractivity contribution in [3.63, 3.8) is 0 Å². The lowest BCUT2D eigenvalue weighted by Crippen LogP contribution is -2.47. The van der Waals surface area contributed by atoms with E-state index in [0.717, 1.165) is 12.1 Å². The fourth-order valence-electron chi connectivity index (χ4n) is 2.20. The summed E-state index contributed by atoms with van der Waals surface area (Å²) < 4.78 is 2.00. The van der Waals surface area contributed by atoms with Crippen molar-refractivity contribution in [2.75, 3.05) is 5.32 Å². The number of pyridine rings is 1. The summed E-state index contributed by atoms with van der Waals surface area (Å²) in [7, 11) is 0. The van der Waals surface area contributed by atoms with E-state index < -0.39 is 0 Å². The fraction of sp³-hybridized carbons (Fsp3) is 0.294. The Morgan fingerprint density at radius 1 is 1.33 bits per heavy atom. The monoisotopic (exact) mass is 303 g/mol. The molecule has 0 saturated heterocycles. The molecular formula is C17H20ClN2O+. The minimum absolute atomic E-state index is 0.0568. The van der Waals surface area contributed by atoms with E-state index in [1.165, 1.54) is 5.56 Å². The number of rotatable bonds is 4. The minimum atomic E-state index is -0.282. The van der Waals surface area contributed by atoms with Crippen LogP contribution in [-0.4, -0.2) is 5.91 Å². The van der Waals surface area contributed by atoms with Gasteiger partial charge in [-0.1, -0.05) is 24.6 Å². The van der Waals surface area contributed by atoms with Gasteiger partial charge in [-0.25, -0.2) is 0 Å². The number of carbonyl (C=O) groups is 1. The molecule has 21 heavy (non-hydrogen) atoms. The van der Waals surface area contributed by atoms with Gasteiger partial charge in [0.15, 0.2) is 11.9 Å². The van der Waals surface area contributed by atoms with Gasteiger partial charge >= 0.3 is 0 Å². The Balaban J connectivity index is 2.19. The molecule has 0 saturated carbocycles. The molecule has 0 bridgehead atoms. The van der Waals surface area contributed by atoms with Crippen molar-refractivity contribution in [1.82, 2.24) is 0 Å². The van der Waals surface area contributed by atoms with Crippen molar-refractivity contribution in [2.24, 2.45) is 0 Å². The van der Waals surface area contributed by atoms with Crippen LogP contribution in [0.4, 0.5) is 5.69 Å². The van der Waals surface area contributed by atoms with Crippen LogP contribution in [0.15, 0.2) is 42.6 Å². The SMILES string of the molecule is CCc1ccc(C)[n+]([C@H](C)C(=O)Nc2cccc(Cl)c2)c1. The number of halogens is 1. The molecule has 1 aromatic carbocycles. The third kappa shape index (κ3) is 3.82. The molecule has 110 valence electrons. The first-order valence-corrected chi connectivity index (χ1v) is 7.46. The number of aromatic nitrogens is 1. The Bertz CT molecular complexity index is 655. The topological polar surface area (TPSA) is 33.0 Å². The highest BCUT2D eigenvalue weighted by Crippen LogP contribution is 2.16. The second-order valence-electron chi connectivity index (χ2n) is 5.12. The number of aryl methyl sites for hydroxylation is 2. The maximum absolute atomic E-state index is 12.4. The van der Waals surface area contributed by atoms with Crippen LogP contribution in [0.25, 0.3) is 0 Å². The molecular weight excluding hydrogens is 284 g/mol. The van der Waals surface area contributed by atoms with Crippen molar-refractivity contribution in [1.29, 1.82) is 0 Å². The average molecular weight is 304 g/mol. The highest BCUT2D eigenvalue weighted by Gasteiger charge is 2.24. The summed E-state index contributed by atoms with van der Waals surface area (Å²) in [5, 5.41) is 3.51. The highest BCUT2D eigenvalue weighted by atomic mass is 35.5. The molecule has 1 aromatic heterocycles. The Hall–Kier alpha value is -1.87. The maximum Gasteiger partial charge on any atom is 0.293 e. The number of hydrogen-bond acceptors (Lipinski definition) is 1. The first-order chi connectivity index (χ1) is 10.0. The number of nitrogens with one attached hydrogen (secondary N) is 1. The van der Waals surface area contributed by atoms with Crippen molar-refractivity contribution in [3.05, 3.63) is 58.9 Å². The predicted molar refractivity (Wildman–Crippen MR) is 85.5 cm³/mol. The van der Waals surface area contributed by atoms with Crippen LogP contribution in [0.2, 0.25) is 5.02 Å². The van der Waals surface area contributed by atoms with E-state index in [-0.39, 0.29) is 11.9 Å². The summed E-state index contributed by atoms with van der Waals surface area (Å²) >= 11 is 5.93. The Labute approximate surface area is 130 Å². The smallest absolute Gasteiger partial charge is 0.293 e. The summed E-state index contributed by atoms with van der Waals surface area (Å²) in [5.41, 5.74) is 2.98. The summed E-state index contributed by atoms with van der Waals surface area (Å²) in [6.07, 6.45) is 2.99.